The second-order valence-electron chi connectivity index (χ2n) is 12.5. The Morgan fingerprint density at radius 2 is 1.00 bits per heavy atom. The fraction of sp³-hybridized carbons (Fsp3) is 0.476. The predicted molar refractivity (Wildman–Crippen MR) is 200 cm³/mol. The normalized spacial score (nSPS) is 10.2. The number of hydrogen-bond donors (Lipinski definition) is 0. The van der Waals surface area contributed by atoms with Crippen LogP contribution in [0.2, 0.25) is 0 Å². The molecule has 2 aromatic carbocycles. The van der Waals surface area contributed by atoms with Crippen molar-refractivity contribution in [3.63, 3.8) is 0 Å². The highest BCUT2D eigenvalue weighted by Gasteiger charge is 2.03. The third kappa shape index (κ3) is 18.1. The summed E-state index contributed by atoms with van der Waals surface area (Å²) in [5.74, 6) is 0. The Morgan fingerprint density at radius 1 is 0.543 bits per heavy atom. The second kappa shape index (κ2) is 25.7. The maximum atomic E-state index is 3.95. The van der Waals surface area contributed by atoms with E-state index in [1.165, 1.54) is 122 Å². The Balaban J connectivity index is 0.000000380. The van der Waals surface area contributed by atoms with Crippen LogP contribution in [0.4, 0.5) is 0 Å². The number of unbranched alkanes of at least 4 members (excludes halogenated alkanes) is 4. The van der Waals surface area contributed by atoms with Gasteiger partial charge in [0.15, 0.2) is 12.4 Å². The zero-order chi connectivity index (χ0) is 32.7. The largest absolute Gasteiger partial charge is 1.00 e. The number of rotatable bonds is 15. The summed E-state index contributed by atoms with van der Waals surface area (Å²) in [6.45, 7) is 14.1. The SMILES string of the molecule is CCCCc1ccc(CCCCBr)cc1.CCCCc1ccc(CCCC[n+]2ccc(C)c(C)c2)cc1.Cc1ccncc1C.[Br-]. The van der Waals surface area contributed by atoms with Gasteiger partial charge in [-0.2, -0.15) is 0 Å². The average molecular weight is 753 g/mol. The number of hydrogen-bond acceptors (Lipinski definition) is 1. The van der Waals surface area contributed by atoms with Crippen LogP contribution in [0.5, 0.6) is 0 Å². The number of halogens is 2. The number of alkyl halides is 1. The van der Waals surface area contributed by atoms with Crippen molar-refractivity contribution < 1.29 is 21.5 Å². The zero-order valence-electron chi connectivity index (χ0n) is 29.6. The van der Waals surface area contributed by atoms with E-state index in [-0.39, 0.29) is 17.0 Å². The van der Waals surface area contributed by atoms with Crippen molar-refractivity contribution in [2.75, 3.05) is 5.33 Å². The van der Waals surface area contributed by atoms with E-state index in [1.807, 2.05) is 18.5 Å². The summed E-state index contributed by atoms with van der Waals surface area (Å²) < 4.78 is 2.32. The van der Waals surface area contributed by atoms with Gasteiger partial charge in [0, 0.05) is 35.8 Å². The molecular weight excluding hydrogens is 692 g/mol. The Morgan fingerprint density at radius 3 is 1.39 bits per heavy atom. The van der Waals surface area contributed by atoms with Gasteiger partial charge in [0.25, 0.3) is 0 Å². The smallest absolute Gasteiger partial charge is 0.171 e. The van der Waals surface area contributed by atoms with Crippen LogP contribution < -0.4 is 21.5 Å². The fourth-order valence-electron chi connectivity index (χ4n) is 4.97. The van der Waals surface area contributed by atoms with E-state index in [9.17, 15) is 0 Å². The van der Waals surface area contributed by atoms with Gasteiger partial charge in [0.2, 0.25) is 0 Å². The third-order valence-corrected chi connectivity index (χ3v) is 9.02. The number of benzene rings is 2. The molecule has 4 heteroatoms. The van der Waals surface area contributed by atoms with Gasteiger partial charge in [-0.1, -0.05) is 91.1 Å². The molecule has 252 valence electrons. The van der Waals surface area contributed by atoms with Crippen LogP contribution in [0.1, 0.15) is 110 Å². The lowest BCUT2D eigenvalue weighted by atomic mass is 10.0. The molecule has 0 bridgehead atoms. The first-order valence-corrected chi connectivity index (χ1v) is 18.5. The molecule has 0 amide bonds. The fourth-order valence-corrected chi connectivity index (χ4v) is 5.37. The highest BCUT2D eigenvalue weighted by atomic mass is 79.9. The lowest BCUT2D eigenvalue weighted by Gasteiger charge is -2.04. The molecule has 4 rings (SSSR count). The maximum absolute atomic E-state index is 3.95. The van der Waals surface area contributed by atoms with Crippen molar-refractivity contribution >= 4 is 15.9 Å². The van der Waals surface area contributed by atoms with E-state index in [4.69, 9.17) is 0 Å². The monoisotopic (exact) mass is 750 g/mol. The first-order valence-electron chi connectivity index (χ1n) is 17.4. The lowest BCUT2D eigenvalue weighted by Crippen LogP contribution is -3.00. The third-order valence-electron chi connectivity index (χ3n) is 8.46. The van der Waals surface area contributed by atoms with Gasteiger partial charge in [-0.05, 0) is 130 Å². The molecule has 46 heavy (non-hydrogen) atoms. The van der Waals surface area contributed by atoms with E-state index in [0.717, 1.165) is 11.9 Å². The quantitative estimate of drug-likeness (QED) is 0.0678. The van der Waals surface area contributed by atoms with Crippen LogP contribution in [-0.4, -0.2) is 10.3 Å². The molecule has 0 fully saturated rings. The summed E-state index contributed by atoms with van der Waals surface area (Å²) in [6, 6.07) is 22.6. The van der Waals surface area contributed by atoms with E-state index >= 15 is 0 Å². The van der Waals surface area contributed by atoms with Gasteiger partial charge in [0.05, 0.1) is 0 Å². The molecule has 2 heterocycles. The highest BCUT2D eigenvalue weighted by Crippen LogP contribution is 2.12. The van der Waals surface area contributed by atoms with Crippen LogP contribution in [-0.2, 0) is 32.2 Å². The number of nitrogens with zero attached hydrogens (tertiary/aromatic N) is 2. The second-order valence-corrected chi connectivity index (χ2v) is 13.2. The molecule has 2 aromatic heterocycles. The molecule has 0 atom stereocenters. The lowest BCUT2D eigenvalue weighted by molar-refractivity contribution is -0.697. The van der Waals surface area contributed by atoms with Crippen LogP contribution >= 0.6 is 15.9 Å². The van der Waals surface area contributed by atoms with E-state index in [0.29, 0.717) is 0 Å². The first kappa shape index (κ1) is 41.7. The summed E-state index contributed by atoms with van der Waals surface area (Å²) in [6.07, 6.45) is 23.2. The summed E-state index contributed by atoms with van der Waals surface area (Å²) in [5.41, 5.74) is 11.2. The van der Waals surface area contributed by atoms with Gasteiger partial charge >= 0.3 is 0 Å². The average Bonchev–Trinajstić information content (AvgIpc) is 3.06. The Kier molecular flexibility index (Phi) is 23.4. The molecule has 0 radical (unpaired) electrons. The molecule has 0 aliphatic carbocycles. The topological polar surface area (TPSA) is 16.8 Å². The van der Waals surface area contributed by atoms with Gasteiger partial charge in [-0.3, -0.25) is 4.98 Å². The van der Waals surface area contributed by atoms with Crippen molar-refractivity contribution in [3.8, 4) is 0 Å². The molecule has 0 N–H and O–H groups in total. The summed E-state index contributed by atoms with van der Waals surface area (Å²) in [5, 5.41) is 1.13. The summed E-state index contributed by atoms with van der Waals surface area (Å²) in [4.78, 5) is 3.95. The van der Waals surface area contributed by atoms with E-state index in [2.05, 4.69) is 134 Å². The van der Waals surface area contributed by atoms with Gasteiger partial charge in [0.1, 0.15) is 6.54 Å². The molecule has 0 aliphatic rings. The van der Waals surface area contributed by atoms with Crippen molar-refractivity contribution in [1.82, 2.24) is 4.98 Å². The van der Waals surface area contributed by atoms with Crippen molar-refractivity contribution in [3.05, 3.63) is 130 Å². The number of aromatic nitrogens is 2. The van der Waals surface area contributed by atoms with E-state index in [1.54, 1.807) is 0 Å². The Hall–Kier alpha value is -2.30. The van der Waals surface area contributed by atoms with Crippen molar-refractivity contribution in [2.24, 2.45) is 0 Å². The summed E-state index contributed by atoms with van der Waals surface area (Å²) in [7, 11) is 0. The van der Waals surface area contributed by atoms with Crippen molar-refractivity contribution in [1.29, 1.82) is 0 Å². The molecule has 2 nitrogen and oxygen atoms in total. The number of pyridine rings is 2. The standard InChI is InChI=1S/C21H30N.C14H21Br.C7H9N.BrH/c1-4-5-8-20-10-12-21(13-11-20)9-6-7-15-22-16-14-18(2)19(3)17-22;1-2-3-6-13-8-10-14(11-9-13)7-4-5-12-15;1-6-3-4-8-5-7(6)2;/h10-14,16-17H,4-9,15H2,1-3H3;8-11H,2-7,12H2,1H3;3-5H,1-2H3;1H/q+1;;;/p-1. The van der Waals surface area contributed by atoms with Crippen LogP contribution in [0.25, 0.3) is 0 Å². The van der Waals surface area contributed by atoms with Gasteiger partial charge in [-0.15, -0.1) is 0 Å². The molecule has 0 saturated heterocycles. The van der Waals surface area contributed by atoms with Crippen LogP contribution in [0.15, 0.2) is 85.5 Å². The zero-order valence-corrected chi connectivity index (χ0v) is 32.8. The minimum absolute atomic E-state index is 0. The molecule has 4 aromatic rings. The molecule has 0 aliphatic heterocycles. The van der Waals surface area contributed by atoms with E-state index < -0.39 is 0 Å². The Labute approximate surface area is 301 Å². The molecule has 0 unspecified atom stereocenters. The van der Waals surface area contributed by atoms with Gasteiger partial charge in [-0.25, -0.2) is 4.57 Å². The maximum Gasteiger partial charge on any atom is 0.171 e. The molecular formula is C42H60Br2N2. The number of aryl methyl sites for hydroxylation is 9. The predicted octanol–water partition coefficient (Wildman–Crippen LogP) is 8.41. The Bertz CT molecular complexity index is 1300. The summed E-state index contributed by atoms with van der Waals surface area (Å²) >= 11 is 3.46. The van der Waals surface area contributed by atoms with Crippen LogP contribution in [0.3, 0.4) is 0 Å². The van der Waals surface area contributed by atoms with Crippen LogP contribution in [0, 0.1) is 27.7 Å². The minimum Gasteiger partial charge on any atom is -1.00 e. The first-order chi connectivity index (χ1) is 21.9. The van der Waals surface area contributed by atoms with Crippen molar-refractivity contribution in [2.45, 2.75) is 125 Å². The molecule has 0 spiro atoms. The van der Waals surface area contributed by atoms with Gasteiger partial charge < -0.3 is 17.0 Å². The highest BCUT2D eigenvalue weighted by molar-refractivity contribution is 9.09. The minimum atomic E-state index is 0. The molecule has 0 saturated carbocycles.